The highest BCUT2D eigenvalue weighted by Gasteiger charge is 2.29. The molecule has 0 unspecified atom stereocenters. The third kappa shape index (κ3) is 2.70. The molecule has 0 spiro atoms. The highest BCUT2D eigenvalue weighted by atomic mass is 35.5. The molecule has 2 heterocycles. The van der Waals surface area contributed by atoms with Gasteiger partial charge in [-0.2, -0.15) is 0 Å². The molecule has 0 N–H and O–H groups in total. The van der Waals surface area contributed by atoms with Crippen LogP contribution in [0.2, 0.25) is 5.15 Å². The first kappa shape index (κ1) is 13.1. The first-order chi connectivity index (χ1) is 9.19. The van der Waals surface area contributed by atoms with Crippen LogP contribution in [0.4, 0.5) is 5.82 Å². The van der Waals surface area contributed by atoms with Crippen LogP contribution in [0.15, 0.2) is 0 Å². The predicted molar refractivity (Wildman–Crippen MR) is 78.1 cm³/mol. The fourth-order valence-corrected chi connectivity index (χ4v) is 2.77. The van der Waals surface area contributed by atoms with Crippen molar-refractivity contribution in [2.75, 3.05) is 37.6 Å². The van der Waals surface area contributed by atoms with Crippen molar-refractivity contribution in [3.05, 3.63) is 16.5 Å². The summed E-state index contributed by atoms with van der Waals surface area (Å²) in [7, 11) is 0. The Morgan fingerprint density at radius 1 is 1.16 bits per heavy atom. The summed E-state index contributed by atoms with van der Waals surface area (Å²) in [5.41, 5.74) is 1.02. The SMILES string of the molecule is CCN1CCN(c2nc(C3CC3)nc(Cl)c2C)CC1. The van der Waals surface area contributed by atoms with E-state index in [9.17, 15) is 0 Å². The van der Waals surface area contributed by atoms with Crippen LogP contribution in [0.1, 0.15) is 37.1 Å². The van der Waals surface area contributed by atoms with E-state index in [1.165, 1.54) is 12.8 Å². The molecule has 1 saturated carbocycles. The minimum Gasteiger partial charge on any atom is -0.354 e. The van der Waals surface area contributed by atoms with E-state index in [2.05, 4.69) is 21.7 Å². The average molecular weight is 281 g/mol. The Labute approximate surface area is 119 Å². The molecule has 2 aliphatic rings. The molecule has 1 aromatic rings. The summed E-state index contributed by atoms with van der Waals surface area (Å²) in [6, 6.07) is 0. The Morgan fingerprint density at radius 2 is 1.84 bits per heavy atom. The van der Waals surface area contributed by atoms with E-state index >= 15 is 0 Å². The number of halogens is 1. The molecule has 0 radical (unpaired) electrons. The number of hydrogen-bond donors (Lipinski definition) is 0. The van der Waals surface area contributed by atoms with Crippen molar-refractivity contribution in [3.8, 4) is 0 Å². The largest absolute Gasteiger partial charge is 0.354 e. The quantitative estimate of drug-likeness (QED) is 0.796. The van der Waals surface area contributed by atoms with E-state index in [1.54, 1.807) is 0 Å². The smallest absolute Gasteiger partial charge is 0.137 e. The van der Waals surface area contributed by atoms with Gasteiger partial charge in [-0.05, 0) is 26.3 Å². The average Bonchev–Trinajstić information content (AvgIpc) is 3.26. The standard InChI is InChI=1S/C14H21ClN4/c1-3-18-6-8-19(9-7-18)14-10(2)12(15)16-13(17-14)11-4-5-11/h11H,3-9H2,1-2H3. The second-order valence-corrected chi connectivity index (χ2v) is 5.87. The third-order valence-electron chi connectivity index (χ3n) is 4.14. The maximum Gasteiger partial charge on any atom is 0.137 e. The topological polar surface area (TPSA) is 32.3 Å². The van der Waals surface area contributed by atoms with Crippen molar-refractivity contribution in [2.24, 2.45) is 0 Å². The van der Waals surface area contributed by atoms with Gasteiger partial charge in [0.25, 0.3) is 0 Å². The normalized spacial score (nSPS) is 20.9. The summed E-state index contributed by atoms with van der Waals surface area (Å²) in [6.07, 6.45) is 2.42. The minimum absolute atomic E-state index is 0.550. The lowest BCUT2D eigenvalue weighted by molar-refractivity contribution is 0.270. The Kier molecular flexibility index (Phi) is 3.63. The van der Waals surface area contributed by atoms with Gasteiger partial charge in [0, 0.05) is 37.7 Å². The van der Waals surface area contributed by atoms with Crippen molar-refractivity contribution in [1.82, 2.24) is 14.9 Å². The molecule has 4 nitrogen and oxygen atoms in total. The number of anilines is 1. The van der Waals surface area contributed by atoms with E-state index in [0.29, 0.717) is 11.1 Å². The maximum atomic E-state index is 6.28. The van der Waals surface area contributed by atoms with E-state index in [4.69, 9.17) is 16.6 Å². The minimum atomic E-state index is 0.550. The molecule has 19 heavy (non-hydrogen) atoms. The molecule has 0 bridgehead atoms. The molecule has 1 aliphatic carbocycles. The Hall–Kier alpha value is -0.870. The summed E-state index contributed by atoms with van der Waals surface area (Å²) < 4.78 is 0. The Bertz CT molecular complexity index is 465. The van der Waals surface area contributed by atoms with Crippen LogP contribution in [0.5, 0.6) is 0 Å². The van der Waals surface area contributed by atoms with E-state index in [-0.39, 0.29) is 0 Å². The second kappa shape index (κ2) is 5.25. The second-order valence-electron chi connectivity index (χ2n) is 5.52. The molecule has 3 rings (SSSR count). The lowest BCUT2D eigenvalue weighted by atomic mass is 10.2. The first-order valence-corrected chi connectivity index (χ1v) is 7.58. The van der Waals surface area contributed by atoms with Gasteiger partial charge in [-0.15, -0.1) is 0 Å². The molecule has 5 heteroatoms. The van der Waals surface area contributed by atoms with Crippen LogP contribution in [0.25, 0.3) is 0 Å². The molecule has 104 valence electrons. The lowest BCUT2D eigenvalue weighted by Crippen LogP contribution is -2.46. The van der Waals surface area contributed by atoms with Crippen molar-refractivity contribution < 1.29 is 0 Å². The maximum absolute atomic E-state index is 6.28. The molecular weight excluding hydrogens is 260 g/mol. The molecule has 0 aromatic carbocycles. The molecule has 0 amide bonds. The number of piperazine rings is 1. The van der Waals surface area contributed by atoms with Crippen LogP contribution in [0, 0.1) is 6.92 Å². The predicted octanol–water partition coefficient (Wildman–Crippen LogP) is 2.46. The molecule has 1 aromatic heterocycles. The number of likely N-dealkylation sites (N-methyl/N-ethyl adjacent to an activating group) is 1. The van der Waals surface area contributed by atoms with Crippen molar-refractivity contribution in [1.29, 1.82) is 0 Å². The van der Waals surface area contributed by atoms with Crippen LogP contribution in [0.3, 0.4) is 0 Å². The zero-order chi connectivity index (χ0) is 13.4. The van der Waals surface area contributed by atoms with Gasteiger partial charge in [-0.1, -0.05) is 18.5 Å². The van der Waals surface area contributed by atoms with Gasteiger partial charge in [0.1, 0.15) is 16.8 Å². The Morgan fingerprint density at radius 3 is 2.42 bits per heavy atom. The first-order valence-electron chi connectivity index (χ1n) is 7.20. The zero-order valence-electron chi connectivity index (χ0n) is 11.7. The molecular formula is C14H21ClN4. The van der Waals surface area contributed by atoms with Crippen molar-refractivity contribution in [2.45, 2.75) is 32.6 Å². The highest BCUT2D eigenvalue weighted by Crippen LogP contribution is 2.40. The van der Waals surface area contributed by atoms with Gasteiger partial charge in [0.2, 0.25) is 0 Å². The van der Waals surface area contributed by atoms with Crippen LogP contribution in [-0.4, -0.2) is 47.6 Å². The van der Waals surface area contributed by atoms with E-state index in [0.717, 1.165) is 49.9 Å². The number of nitrogens with zero attached hydrogens (tertiary/aromatic N) is 4. The van der Waals surface area contributed by atoms with Crippen LogP contribution in [-0.2, 0) is 0 Å². The molecule has 0 atom stereocenters. The molecule has 1 aliphatic heterocycles. The third-order valence-corrected chi connectivity index (χ3v) is 4.51. The summed E-state index contributed by atoms with van der Waals surface area (Å²) in [4.78, 5) is 14.1. The summed E-state index contributed by atoms with van der Waals surface area (Å²) in [5, 5.41) is 0.629. The fourth-order valence-electron chi connectivity index (χ4n) is 2.60. The van der Waals surface area contributed by atoms with Gasteiger partial charge in [-0.25, -0.2) is 9.97 Å². The summed E-state index contributed by atoms with van der Waals surface area (Å²) in [5.74, 6) is 2.55. The monoisotopic (exact) mass is 280 g/mol. The summed E-state index contributed by atoms with van der Waals surface area (Å²) in [6.45, 7) is 9.66. The van der Waals surface area contributed by atoms with Crippen molar-refractivity contribution >= 4 is 17.4 Å². The van der Waals surface area contributed by atoms with Gasteiger partial charge >= 0.3 is 0 Å². The fraction of sp³-hybridized carbons (Fsp3) is 0.714. The lowest BCUT2D eigenvalue weighted by Gasteiger charge is -2.35. The van der Waals surface area contributed by atoms with E-state index in [1.807, 2.05) is 6.92 Å². The zero-order valence-corrected chi connectivity index (χ0v) is 12.4. The molecule has 1 saturated heterocycles. The van der Waals surface area contributed by atoms with Gasteiger partial charge in [0.05, 0.1) is 0 Å². The van der Waals surface area contributed by atoms with E-state index < -0.39 is 0 Å². The van der Waals surface area contributed by atoms with Gasteiger partial charge in [0.15, 0.2) is 0 Å². The van der Waals surface area contributed by atoms with Crippen LogP contribution >= 0.6 is 11.6 Å². The number of hydrogen-bond acceptors (Lipinski definition) is 4. The number of rotatable bonds is 3. The summed E-state index contributed by atoms with van der Waals surface area (Å²) >= 11 is 6.28. The van der Waals surface area contributed by atoms with Gasteiger partial charge < -0.3 is 9.80 Å². The Balaban J connectivity index is 1.83. The van der Waals surface area contributed by atoms with Gasteiger partial charge in [-0.3, -0.25) is 0 Å². The molecule has 2 fully saturated rings. The highest BCUT2D eigenvalue weighted by molar-refractivity contribution is 6.30. The number of aromatic nitrogens is 2. The van der Waals surface area contributed by atoms with Crippen LogP contribution < -0.4 is 4.90 Å². The van der Waals surface area contributed by atoms with Crippen molar-refractivity contribution in [3.63, 3.8) is 0 Å².